The average molecular weight is 430 g/mol. The minimum Gasteiger partial charge on any atom is -0.360 e. The molecule has 0 aliphatic rings. The first-order chi connectivity index (χ1) is 14.0. The third-order valence-electron chi connectivity index (χ3n) is 3.98. The highest BCUT2D eigenvalue weighted by atomic mass is 32.2. The number of hydrogen-bond acceptors (Lipinski definition) is 8. The lowest BCUT2D eigenvalue weighted by Crippen LogP contribution is -2.16. The number of aryl methyl sites for hydroxylation is 1. The van der Waals surface area contributed by atoms with Gasteiger partial charge in [0.1, 0.15) is 5.69 Å². The number of carbonyl (C=O) groups excluding carboxylic acids is 1. The zero-order valence-corrected chi connectivity index (χ0v) is 17.3. The Bertz CT molecular complexity index is 995. The number of thioether (sulfide) groups is 1. The van der Waals surface area contributed by atoms with Crippen molar-refractivity contribution in [2.24, 2.45) is 0 Å². The first-order valence-corrected chi connectivity index (χ1v) is 10.6. The molecule has 29 heavy (non-hydrogen) atoms. The molecule has 1 aromatic heterocycles. The van der Waals surface area contributed by atoms with Gasteiger partial charge in [-0.25, -0.2) is 0 Å². The van der Waals surface area contributed by atoms with E-state index >= 15 is 0 Å². The van der Waals surface area contributed by atoms with Crippen molar-refractivity contribution in [2.45, 2.75) is 17.7 Å². The van der Waals surface area contributed by atoms with Crippen LogP contribution in [-0.4, -0.2) is 33.3 Å². The van der Waals surface area contributed by atoms with Crippen molar-refractivity contribution < 1.29 is 9.72 Å². The summed E-state index contributed by atoms with van der Waals surface area (Å²) >= 11 is 2.61. The zero-order valence-electron chi connectivity index (χ0n) is 15.6. The van der Waals surface area contributed by atoms with E-state index in [1.54, 1.807) is 19.1 Å². The van der Waals surface area contributed by atoms with E-state index < -0.39 is 4.92 Å². The monoisotopic (exact) mass is 429 g/mol. The molecule has 1 amide bonds. The van der Waals surface area contributed by atoms with Crippen molar-refractivity contribution in [3.05, 3.63) is 69.8 Å². The van der Waals surface area contributed by atoms with Gasteiger partial charge in [0.25, 0.3) is 5.69 Å². The number of anilines is 2. The van der Waals surface area contributed by atoms with Gasteiger partial charge in [0, 0.05) is 12.6 Å². The first-order valence-electron chi connectivity index (χ1n) is 8.81. The number of carbonyl (C=O) groups is 1. The molecule has 3 rings (SSSR count). The number of nitrogens with one attached hydrogen (secondary N) is 2. The van der Waals surface area contributed by atoms with E-state index in [-0.39, 0.29) is 23.0 Å². The summed E-state index contributed by atoms with van der Waals surface area (Å²) < 4.78 is 0.654. The summed E-state index contributed by atoms with van der Waals surface area (Å²) in [5.41, 5.74) is 1.98. The molecule has 10 heteroatoms. The van der Waals surface area contributed by atoms with E-state index in [1.165, 1.54) is 34.7 Å². The zero-order chi connectivity index (χ0) is 20.6. The minimum atomic E-state index is -0.506. The van der Waals surface area contributed by atoms with Gasteiger partial charge in [-0.3, -0.25) is 14.9 Å². The van der Waals surface area contributed by atoms with Crippen molar-refractivity contribution in [3.63, 3.8) is 0 Å². The van der Waals surface area contributed by atoms with Gasteiger partial charge in [0.2, 0.25) is 11.0 Å². The molecule has 0 aliphatic carbocycles. The van der Waals surface area contributed by atoms with Crippen molar-refractivity contribution in [3.8, 4) is 0 Å². The Balaban J connectivity index is 1.48. The normalized spacial score (nSPS) is 10.5. The Hall–Kier alpha value is -2.98. The molecule has 0 fully saturated rings. The Kier molecular flexibility index (Phi) is 7.14. The maximum absolute atomic E-state index is 12.2. The molecule has 1 heterocycles. The Labute approximate surface area is 175 Å². The number of hydrogen-bond donors (Lipinski definition) is 2. The molecular formula is C19H19N5O3S2. The van der Waals surface area contributed by atoms with Crippen LogP contribution in [0.3, 0.4) is 0 Å². The molecule has 0 saturated heterocycles. The van der Waals surface area contributed by atoms with Gasteiger partial charge >= 0.3 is 0 Å². The molecule has 0 saturated carbocycles. The highest BCUT2D eigenvalue weighted by Gasteiger charge is 2.18. The number of rotatable bonds is 9. The molecule has 0 radical (unpaired) electrons. The van der Waals surface area contributed by atoms with Crippen LogP contribution in [0.25, 0.3) is 0 Å². The Morgan fingerprint density at radius 2 is 1.97 bits per heavy atom. The lowest BCUT2D eigenvalue weighted by atomic mass is 10.1. The van der Waals surface area contributed by atoms with Gasteiger partial charge in [0.15, 0.2) is 4.34 Å². The number of para-hydroxylation sites is 1. The summed E-state index contributed by atoms with van der Waals surface area (Å²) in [6.07, 6.45) is 0.876. The van der Waals surface area contributed by atoms with Crippen LogP contribution < -0.4 is 10.6 Å². The molecule has 2 aromatic carbocycles. The van der Waals surface area contributed by atoms with Gasteiger partial charge < -0.3 is 10.6 Å². The molecule has 0 atom stereocenters. The van der Waals surface area contributed by atoms with E-state index in [0.29, 0.717) is 15.0 Å². The van der Waals surface area contributed by atoms with Gasteiger partial charge in [-0.2, -0.15) is 0 Å². The third-order valence-corrected chi connectivity index (χ3v) is 5.99. The van der Waals surface area contributed by atoms with Crippen LogP contribution in [-0.2, 0) is 11.2 Å². The van der Waals surface area contributed by atoms with Crippen molar-refractivity contribution in [2.75, 3.05) is 22.9 Å². The van der Waals surface area contributed by atoms with E-state index in [1.807, 2.05) is 18.2 Å². The predicted molar refractivity (Wildman–Crippen MR) is 116 cm³/mol. The van der Waals surface area contributed by atoms with E-state index in [0.717, 1.165) is 13.0 Å². The third kappa shape index (κ3) is 6.00. The highest BCUT2D eigenvalue weighted by molar-refractivity contribution is 8.01. The van der Waals surface area contributed by atoms with Gasteiger partial charge in [0.05, 0.1) is 10.7 Å². The largest absolute Gasteiger partial charge is 0.360 e. The first kappa shape index (κ1) is 20.7. The number of nitro benzene ring substituents is 1. The van der Waals surface area contributed by atoms with Crippen molar-refractivity contribution >= 4 is 45.5 Å². The van der Waals surface area contributed by atoms with Crippen LogP contribution >= 0.6 is 23.1 Å². The summed E-state index contributed by atoms with van der Waals surface area (Å²) in [6.45, 7) is 2.45. The number of amides is 1. The fourth-order valence-corrected chi connectivity index (χ4v) is 4.15. The molecule has 8 nitrogen and oxygen atoms in total. The molecule has 0 unspecified atom stereocenters. The minimum absolute atomic E-state index is 0.0874. The Morgan fingerprint density at radius 1 is 1.17 bits per heavy atom. The maximum atomic E-state index is 12.2. The second-order valence-corrected chi connectivity index (χ2v) is 8.30. The summed E-state index contributed by atoms with van der Waals surface area (Å²) in [6, 6.07) is 14.8. The van der Waals surface area contributed by atoms with Gasteiger partial charge in [-0.1, -0.05) is 65.6 Å². The molecule has 0 bridgehead atoms. The molecule has 0 spiro atoms. The van der Waals surface area contributed by atoms with E-state index in [4.69, 9.17) is 0 Å². The fourth-order valence-electron chi connectivity index (χ4n) is 2.57. The molecule has 3 aromatic rings. The number of nitro groups is 1. The summed E-state index contributed by atoms with van der Waals surface area (Å²) in [7, 11) is 0. The fraction of sp³-hybridized carbons (Fsp3) is 0.211. The Morgan fingerprint density at radius 3 is 2.72 bits per heavy atom. The van der Waals surface area contributed by atoms with Crippen LogP contribution in [0.2, 0.25) is 0 Å². The standard InChI is InChI=1S/C19H19N5O3S2/c1-13-6-5-9-15(24(26)27)17(13)21-16(25)12-28-19-23-22-18(29-19)20-11-10-14-7-3-2-4-8-14/h2-9H,10-12H2,1H3,(H,20,22)(H,21,25). The highest BCUT2D eigenvalue weighted by Crippen LogP contribution is 2.29. The maximum Gasteiger partial charge on any atom is 0.293 e. The van der Waals surface area contributed by atoms with Crippen LogP contribution in [0.5, 0.6) is 0 Å². The molecule has 150 valence electrons. The lowest BCUT2D eigenvalue weighted by Gasteiger charge is -2.08. The van der Waals surface area contributed by atoms with Crippen LogP contribution in [0, 0.1) is 17.0 Å². The smallest absolute Gasteiger partial charge is 0.293 e. The predicted octanol–water partition coefficient (Wildman–Crippen LogP) is 4.14. The quantitative estimate of drug-likeness (QED) is 0.299. The number of aromatic nitrogens is 2. The summed E-state index contributed by atoms with van der Waals surface area (Å²) in [4.78, 5) is 22.9. The molecular weight excluding hydrogens is 410 g/mol. The van der Waals surface area contributed by atoms with E-state index in [2.05, 4.69) is 33.0 Å². The van der Waals surface area contributed by atoms with Crippen LogP contribution in [0.4, 0.5) is 16.5 Å². The van der Waals surface area contributed by atoms with Gasteiger partial charge in [-0.15, -0.1) is 10.2 Å². The second-order valence-electron chi connectivity index (χ2n) is 6.10. The molecule has 0 aliphatic heterocycles. The number of benzene rings is 2. The van der Waals surface area contributed by atoms with Crippen LogP contribution in [0.15, 0.2) is 52.9 Å². The van der Waals surface area contributed by atoms with Crippen LogP contribution in [0.1, 0.15) is 11.1 Å². The lowest BCUT2D eigenvalue weighted by molar-refractivity contribution is -0.384. The average Bonchev–Trinajstić information content (AvgIpc) is 3.16. The number of nitrogens with zero attached hydrogens (tertiary/aromatic N) is 3. The molecule has 2 N–H and O–H groups in total. The van der Waals surface area contributed by atoms with Crippen molar-refractivity contribution in [1.29, 1.82) is 0 Å². The topological polar surface area (TPSA) is 110 Å². The van der Waals surface area contributed by atoms with E-state index in [9.17, 15) is 14.9 Å². The van der Waals surface area contributed by atoms with Gasteiger partial charge in [-0.05, 0) is 24.5 Å². The SMILES string of the molecule is Cc1cccc([N+](=O)[O-])c1NC(=O)CSc1nnc(NCCc2ccccc2)s1. The summed E-state index contributed by atoms with van der Waals surface area (Å²) in [5.74, 6) is -0.245. The van der Waals surface area contributed by atoms with Crippen molar-refractivity contribution in [1.82, 2.24) is 10.2 Å². The summed E-state index contributed by atoms with van der Waals surface area (Å²) in [5, 5.41) is 25.8. The second kappa shape index (κ2) is 9.99.